The minimum atomic E-state index is -0.249. The van der Waals surface area contributed by atoms with E-state index in [1.54, 1.807) is 0 Å². The summed E-state index contributed by atoms with van der Waals surface area (Å²) in [5, 5.41) is 4.99. The minimum Gasteiger partial charge on any atom is -0.380 e. The number of aryl methyl sites for hydroxylation is 1. The first-order valence-corrected chi connectivity index (χ1v) is 12.3. The van der Waals surface area contributed by atoms with Gasteiger partial charge in [0.2, 0.25) is 0 Å². The van der Waals surface area contributed by atoms with E-state index in [1.165, 1.54) is 27.8 Å². The maximum absolute atomic E-state index is 13.7. The van der Waals surface area contributed by atoms with Gasteiger partial charge in [-0.05, 0) is 55.5 Å². The van der Waals surface area contributed by atoms with Crippen LogP contribution in [0.25, 0.3) is 10.9 Å². The van der Waals surface area contributed by atoms with Crippen molar-refractivity contribution in [2.24, 2.45) is 0 Å². The van der Waals surface area contributed by atoms with Gasteiger partial charge in [0.1, 0.15) is 6.10 Å². The summed E-state index contributed by atoms with van der Waals surface area (Å²) in [6, 6.07) is 17.1. The lowest BCUT2D eigenvalue weighted by Gasteiger charge is -2.44. The number of ketones is 1. The highest BCUT2D eigenvalue weighted by molar-refractivity contribution is 5.92. The molecule has 6 rings (SSSR count). The first-order chi connectivity index (χ1) is 16.3. The monoisotopic (exact) mass is 444 g/mol. The number of anilines is 2. The molecule has 3 aliphatic heterocycles. The van der Waals surface area contributed by atoms with Crippen LogP contribution in [0.2, 0.25) is 0 Å². The molecule has 3 aliphatic rings. The summed E-state index contributed by atoms with van der Waals surface area (Å²) < 4.78 is 5.86. The summed E-state index contributed by atoms with van der Waals surface area (Å²) in [6.45, 7) is 4.30. The number of hydrogen-bond donors (Lipinski definition) is 2. The third-order valence-electron chi connectivity index (χ3n) is 7.62. The summed E-state index contributed by atoms with van der Waals surface area (Å²) >= 11 is 0. The van der Waals surface area contributed by atoms with Crippen molar-refractivity contribution in [1.82, 2.24) is 9.88 Å². The SMILES string of the molecule is O=C(C1CCCO1)C(C1CCc2ccccc2N1)N1CCN(c2cccc3[nH]ccc23)CC1. The van der Waals surface area contributed by atoms with E-state index in [0.717, 1.165) is 51.9 Å². The van der Waals surface area contributed by atoms with Gasteiger partial charge in [-0.3, -0.25) is 9.69 Å². The highest BCUT2D eigenvalue weighted by Gasteiger charge is 2.41. The summed E-state index contributed by atoms with van der Waals surface area (Å²) in [5.74, 6) is 0.269. The molecule has 2 fully saturated rings. The Balaban J connectivity index is 1.22. The molecule has 0 radical (unpaired) electrons. The lowest BCUT2D eigenvalue weighted by atomic mass is 9.88. The second-order valence-corrected chi connectivity index (χ2v) is 9.53. The number of ether oxygens (including phenoxy) is 1. The number of piperazine rings is 1. The van der Waals surface area contributed by atoms with Gasteiger partial charge in [-0.25, -0.2) is 0 Å². The van der Waals surface area contributed by atoms with Crippen molar-refractivity contribution in [2.45, 2.75) is 43.9 Å². The van der Waals surface area contributed by atoms with Gasteiger partial charge < -0.3 is 19.9 Å². The van der Waals surface area contributed by atoms with Gasteiger partial charge in [0, 0.05) is 67.3 Å². The van der Waals surface area contributed by atoms with Crippen molar-refractivity contribution in [1.29, 1.82) is 0 Å². The second-order valence-electron chi connectivity index (χ2n) is 9.53. The zero-order valence-corrected chi connectivity index (χ0v) is 19.0. The van der Waals surface area contributed by atoms with Crippen molar-refractivity contribution in [3.05, 3.63) is 60.3 Å². The highest BCUT2D eigenvalue weighted by Crippen LogP contribution is 2.31. The van der Waals surface area contributed by atoms with E-state index in [4.69, 9.17) is 4.74 Å². The van der Waals surface area contributed by atoms with E-state index < -0.39 is 0 Å². The lowest BCUT2D eigenvalue weighted by Crippen LogP contribution is -2.60. The smallest absolute Gasteiger partial charge is 0.180 e. The molecule has 0 aliphatic carbocycles. The van der Waals surface area contributed by atoms with Crippen molar-refractivity contribution in [2.75, 3.05) is 43.0 Å². The van der Waals surface area contributed by atoms with E-state index in [1.807, 2.05) is 6.20 Å². The van der Waals surface area contributed by atoms with Crippen LogP contribution in [0.1, 0.15) is 24.8 Å². The number of carbonyl (C=O) groups is 1. The predicted molar refractivity (Wildman–Crippen MR) is 132 cm³/mol. The standard InChI is InChI=1S/C27H32N4O2/c32-27(25-9-4-18-33-25)26(23-11-10-19-5-1-2-6-21(19)29-23)31-16-14-30(15-17-31)24-8-3-7-22-20(24)12-13-28-22/h1-3,5-8,12-13,23,25-26,28-29H,4,9-11,14-18H2. The fraction of sp³-hybridized carbons (Fsp3) is 0.444. The number of fused-ring (bicyclic) bond motifs is 2. The van der Waals surface area contributed by atoms with Crippen molar-refractivity contribution < 1.29 is 9.53 Å². The van der Waals surface area contributed by atoms with Gasteiger partial charge in [0.25, 0.3) is 0 Å². The zero-order chi connectivity index (χ0) is 22.2. The van der Waals surface area contributed by atoms with E-state index in [-0.39, 0.29) is 24.0 Å². The Kier molecular flexibility index (Phi) is 5.56. The molecule has 2 aromatic carbocycles. The van der Waals surface area contributed by atoms with Crippen LogP contribution >= 0.6 is 0 Å². The lowest BCUT2D eigenvalue weighted by molar-refractivity contribution is -0.134. The molecule has 3 unspecified atom stereocenters. The number of rotatable bonds is 5. The van der Waals surface area contributed by atoms with E-state index in [0.29, 0.717) is 6.61 Å². The molecule has 33 heavy (non-hydrogen) atoms. The Labute approximate surface area is 194 Å². The Morgan fingerprint density at radius 3 is 2.73 bits per heavy atom. The average Bonchev–Trinajstić information content (AvgIpc) is 3.57. The molecule has 0 amide bonds. The number of para-hydroxylation sites is 1. The number of carbonyl (C=O) groups excluding carboxylic acids is 1. The number of nitrogens with one attached hydrogen (secondary N) is 2. The van der Waals surface area contributed by atoms with Crippen molar-refractivity contribution >= 4 is 28.1 Å². The average molecular weight is 445 g/mol. The largest absolute Gasteiger partial charge is 0.380 e. The molecule has 3 aromatic rings. The van der Waals surface area contributed by atoms with Crippen LogP contribution in [0.15, 0.2) is 54.7 Å². The molecular weight excluding hydrogens is 412 g/mol. The topological polar surface area (TPSA) is 60.6 Å². The number of hydrogen-bond acceptors (Lipinski definition) is 5. The second kappa shape index (κ2) is 8.84. The van der Waals surface area contributed by atoms with Crippen molar-refractivity contribution in [3.63, 3.8) is 0 Å². The maximum atomic E-state index is 13.7. The van der Waals surface area contributed by atoms with Crippen molar-refractivity contribution in [3.8, 4) is 0 Å². The quantitative estimate of drug-likeness (QED) is 0.626. The van der Waals surface area contributed by atoms with Crippen LogP contribution in [-0.2, 0) is 16.0 Å². The van der Waals surface area contributed by atoms with Gasteiger partial charge in [0.05, 0.1) is 6.04 Å². The van der Waals surface area contributed by atoms with E-state index in [2.05, 4.69) is 68.6 Å². The van der Waals surface area contributed by atoms with Gasteiger partial charge in [0.15, 0.2) is 5.78 Å². The molecule has 0 saturated carbocycles. The van der Waals surface area contributed by atoms with Crippen LogP contribution in [0.3, 0.4) is 0 Å². The fourth-order valence-electron chi connectivity index (χ4n) is 5.91. The number of Topliss-reactive ketones (excluding diaryl/α,β-unsaturated/α-hetero) is 1. The number of aromatic amines is 1. The summed E-state index contributed by atoms with van der Waals surface area (Å²) in [4.78, 5) is 21.9. The molecule has 0 spiro atoms. The molecule has 1 aromatic heterocycles. The van der Waals surface area contributed by atoms with Crippen LogP contribution in [-0.4, -0.2) is 66.6 Å². The first-order valence-electron chi connectivity index (χ1n) is 12.3. The molecule has 6 nitrogen and oxygen atoms in total. The van der Waals surface area contributed by atoms with Crippen LogP contribution in [0.5, 0.6) is 0 Å². The molecule has 3 atom stereocenters. The first kappa shape index (κ1) is 20.8. The molecule has 2 saturated heterocycles. The molecule has 2 N–H and O–H groups in total. The Hall–Kier alpha value is -2.83. The summed E-state index contributed by atoms with van der Waals surface area (Å²) in [6.07, 6.45) is 5.59. The zero-order valence-electron chi connectivity index (χ0n) is 19.0. The molecule has 172 valence electrons. The predicted octanol–water partition coefficient (Wildman–Crippen LogP) is 3.83. The Morgan fingerprint density at radius 1 is 1.00 bits per heavy atom. The number of aromatic nitrogens is 1. The third-order valence-corrected chi connectivity index (χ3v) is 7.62. The molecular formula is C27H32N4O2. The summed E-state index contributed by atoms with van der Waals surface area (Å²) in [5.41, 5.74) is 4.98. The molecule has 4 heterocycles. The van der Waals surface area contributed by atoms with Crippen LogP contribution < -0.4 is 10.2 Å². The number of benzene rings is 2. The normalized spacial score (nSPS) is 24.4. The fourth-order valence-corrected chi connectivity index (χ4v) is 5.91. The van der Waals surface area contributed by atoms with E-state index in [9.17, 15) is 4.79 Å². The third kappa shape index (κ3) is 3.91. The summed E-state index contributed by atoms with van der Waals surface area (Å²) in [7, 11) is 0. The van der Waals surface area contributed by atoms with Crippen LogP contribution in [0.4, 0.5) is 11.4 Å². The van der Waals surface area contributed by atoms with Gasteiger partial charge in [-0.15, -0.1) is 0 Å². The molecule has 6 heteroatoms. The minimum absolute atomic E-state index is 0.122. The van der Waals surface area contributed by atoms with Crippen LogP contribution in [0, 0.1) is 0 Å². The Morgan fingerprint density at radius 2 is 1.88 bits per heavy atom. The Bertz CT molecular complexity index is 1130. The molecule has 0 bridgehead atoms. The van der Waals surface area contributed by atoms with Gasteiger partial charge in [-0.2, -0.15) is 0 Å². The maximum Gasteiger partial charge on any atom is 0.180 e. The van der Waals surface area contributed by atoms with E-state index >= 15 is 0 Å². The highest BCUT2D eigenvalue weighted by atomic mass is 16.5. The number of nitrogens with zero attached hydrogens (tertiary/aromatic N) is 2. The van der Waals surface area contributed by atoms with Gasteiger partial charge >= 0.3 is 0 Å². The van der Waals surface area contributed by atoms with Gasteiger partial charge in [-0.1, -0.05) is 24.3 Å². The number of H-pyrrole nitrogens is 1.